The lowest BCUT2D eigenvalue weighted by Gasteiger charge is -2.49. The molecule has 1 aromatic heterocycles. The Kier molecular flexibility index (Phi) is 3.50. The van der Waals surface area contributed by atoms with Crippen LogP contribution in [0.1, 0.15) is 24.0 Å². The standard InChI is InChI=1S/C20H24N2/c1-3-15-13-22-9-7-16(15)11-18(22)12-17-6-8-21-20-5-4-14(2)10-19(17)20/h3-6,8,10,15-16,18H,1,7,9,11-13H2,2H3. The molecule has 2 bridgehead atoms. The summed E-state index contributed by atoms with van der Waals surface area (Å²) in [4.78, 5) is 7.21. The van der Waals surface area contributed by atoms with Crippen molar-refractivity contribution >= 4 is 10.9 Å². The fourth-order valence-electron chi connectivity index (χ4n) is 4.41. The van der Waals surface area contributed by atoms with E-state index in [1.807, 2.05) is 6.20 Å². The maximum absolute atomic E-state index is 4.52. The maximum atomic E-state index is 4.52. The van der Waals surface area contributed by atoms with Crippen molar-refractivity contribution in [3.8, 4) is 0 Å². The Morgan fingerprint density at radius 3 is 3.05 bits per heavy atom. The van der Waals surface area contributed by atoms with Crippen LogP contribution in [-0.2, 0) is 6.42 Å². The van der Waals surface area contributed by atoms with Crippen LogP contribution < -0.4 is 0 Å². The lowest BCUT2D eigenvalue weighted by molar-refractivity contribution is 0.0196. The number of benzene rings is 1. The van der Waals surface area contributed by atoms with Gasteiger partial charge in [0.05, 0.1) is 5.52 Å². The van der Waals surface area contributed by atoms with Crippen molar-refractivity contribution in [1.82, 2.24) is 9.88 Å². The van der Waals surface area contributed by atoms with Crippen LogP contribution in [0.15, 0.2) is 43.1 Å². The molecule has 2 aromatic rings. The van der Waals surface area contributed by atoms with Crippen molar-refractivity contribution in [2.45, 2.75) is 32.2 Å². The van der Waals surface area contributed by atoms with Crippen molar-refractivity contribution in [1.29, 1.82) is 0 Å². The lowest BCUT2D eigenvalue weighted by Crippen LogP contribution is -2.53. The van der Waals surface area contributed by atoms with Crippen LogP contribution in [-0.4, -0.2) is 29.0 Å². The molecule has 4 heterocycles. The summed E-state index contributed by atoms with van der Waals surface area (Å²) in [6, 6.07) is 9.51. The van der Waals surface area contributed by atoms with Crippen LogP contribution in [0, 0.1) is 18.8 Å². The van der Waals surface area contributed by atoms with Crippen LogP contribution in [0.2, 0.25) is 0 Å². The molecule has 2 nitrogen and oxygen atoms in total. The number of piperidine rings is 3. The summed E-state index contributed by atoms with van der Waals surface area (Å²) in [5.41, 5.74) is 3.91. The molecule has 0 N–H and O–H groups in total. The summed E-state index contributed by atoms with van der Waals surface area (Å²) >= 11 is 0. The summed E-state index contributed by atoms with van der Waals surface area (Å²) in [5, 5.41) is 1.34. The van der Waals surface area contributed by atoms with E-state index in [9.17, 15) is 0 Å². The van der Waals surface area contributed by atoms with Gasteiger partial charge in [0.25, 0.3) is 0 Å². The molecule has 4 unspecified atom stereocenters. The smallest absolute Gasteiger partial charge is 0.0704 e. The van der Waals surface area contributed by atoms with Gasteiger partial charge in [0, 0.05) is 24.2 Å². The number of pyridine rings is 1. The van der Waals surface area contributed by atoms with Crippen molar-refractivity contribution in [2.75, 3.05) is 13.1 Å². The van der Waals surface area contributed by atoms with Crippen molar-refractivity contribution in [3.05, 3.63) is 54.2 Å². The number of rotatable bonds is 3. The Hall–Kier alpha value is -1.67. The van der Waals surface area contributed by atoms with Crippen LogP contribution in [0.5, 0.6) is 0 Å². The number of hydrogen-bond acceptors (Lipinski definition) is 2. The molecule has 3 fully saturated rings. The molecule has 3 aliphatic heterocycles. The summed E-state index contributed by atoms with van der Waals surface area (Å²) in [6.07, 6.45) is 7.98. The Bertz CT molecular complexity index is 706. The molecule has 4 atom stereocenters. The van der Waals surface area contributed by atoms with E-state index in [0.29, 0.717) is 12.0 Å². The number of aryl methyl sites for hydroxylation is 1. The third-order valence-electron chi connectivity index (χ3n) is 5.67. The topological polar surface area (TPSA) is 16.1 Å². The molecule has 0 radical (unpaired) electrons. The molecular formula is C20H24N2. The van der Waals surface area contributed by atoms with Gasteiger partial charge in [-0.3, -0.25) is 9.88 Å². The van der Waals surface area contributed by atoms with E-state index in [1.54, 1.807) is 0 Å². The van der Waals surface area contributed by atoms with Crippen molar-refractivity contribution in [2.24, 2.45) is 11.8 Å². The molecule has 3 aliphatic rings. The molecule has 0 spiro atoms. The fourth-order valence-corrected chi connectivity index (χ4v) is 4.41. The Labute approximate surface area is 132 Å². The van der Waals surface area contributed by atoms with Gasteiger partial charge >= 0.3 is 0 Å². The lowest BCUT2D eigenvalue weighted by atomic mass is 9.74. The van der Waals surface area contributed by atoms with E-state index in [0.717, 1.165) is 17.9 Å². The number of fused-ring (bicyclic) bond motifs is 4. The molecule has 0 aliphatic carbocycles. The molecule has 0 saturated carbocycles. The van der Waals surface area contributed by atoms with Gasteiger partial charge in [0.15, 0.2) is 0 Å². The largest absolute Gasteiger partial charge is 0.299 e. The van der Waals surface area contributed by atoms with Gasteiger partial charge in [-0.25, -0.2) is 0 Å². The molecule has 5 rings (SSSR count). The average molecular weight is 292 g/mol. The van der Waals surface area contributed by atoms with Gasteiger partial charge < -0.3 is 0 Å². The minimum absolute atomic E-state index is 0.695. The van der Waals surface area contributed by atoms with Crippen LogP contribution >= 0.6 is 0 Å². The van der Waals surface area contributed by atoms with E-state index in [1.165, 1.54) is 42.4 Å². The monoisotopic (exact) mass is 292 g/mol. The predicted octanol–water partition coefficient (Wildman–Crippen LogP) is 3.98. The second-order valence-corrected chi connectivity index (χ2v) is 7.03. The summed E-state index contributed by atoms with van der Waals surface area (Å²) in [5.74, 6) is 1.56. The van der Waals surface area contributed by atoms with E-state index in [4.69, 9.17) is 0 Å². The third kappa shape index (κ3) is 2.36. The maximum Gasteiger partial charge on any atom is 0.0704 e. The first-order valence-corrected chi connectivity index (χ1v) is 8.45. The highest BCUT2D eigenvalue weighted by atomic mass is 15.2. The molecule has 3 saturated heterocycles. The first-order valence-electron chi connectivity index (χ1n) is 8.45. The predicted molar refractivity (Wildman–Crippen MR) is 92.0 cm³/mol. The molecule has 114 valence electrons. The second kappa shape index (κ2) is 5.51. The van der Waals surface area contributed by atoms with E-state index in [-0.39, 0.29) is 0 Å². The fraction of sp³-hybridized carbons (Fsp3) is 0.450. The van der Waals surface area contributed by atoms with Gasteiger partial charge in [-0.2, -0.15) is 0 Å². The number of hydrogen-bond donors (Lipinski definition) is 0. The SMILES string of the molecule is C=CC1CN2CCC1CC2Cc1ccnc2ccc(C)cc12. The highest BCUT2D eigenvalue weighted by Crippen LogP contribution is 2.38. The summed E-state index contributed by atoms with van der Waals surface area (Å²) in [6.45, 7) is 8.67. The van der Waals surface area contributed by atoms with Crippen LogP contribution in [0.25, 0.3) is 10.9 Å². The zero-order chi connectivity index (χ0) is 15.1. The highest BCUT2D eigenvalue weighted by Gasteiger charge is 2.38. The quantitative estimate of drug-likeness (QED) is 0.795. The Balaban J connectivity index is 1.62. The van der Waals surface area contributed by atoms with E-state index in [2.05, 4.69) is 53.7 Å². The minimum atomic E-state index is 0.695. The molecule has 0 amide bonds. The van der Waals surface area contributed by atoms with Gasteiger partial charge in [-0.1, -0.05) is 17.7 Å². The van der Waals surface area contributed by atoms with E-state index < -0.39 is 0 Å². The van der Waals surface area contributed by atoms with Gasteiger partial charge in [-0.15, -0.1) is 6.58 Å². The normalized spacial score (nSPS) is 30.6. The minimum Gasteiger partial charge on any atom is -0.299 e. The number of nitrogens with zero attached hydrogens (tertiary/aromatic N) is 2. The highest BCUT2D eigenvalue weighted by molar-refractivity contribution is 5.82. The van der Waals surface area contributed by atoms with E-state index >= 15 is 0 Å². The number of aromatic nitrogens is 1. The van der Waals surface area contributed by atoms with Gasteiger partial charge in [-0.05, 0) is 68.3 Å². The van der Waals surface area contributed by atoms with Crippen LogP contribution in [0.3, 0.4) is 0 Å². The van der Waals surface area contributed by atoms with Gasteiger partial charge in [0.2, 0.25) is 0 Å². The first-order chi connectivity index (χ1) is 10.7. The molecule has 1 aromatic carbocycles. The average Bonchev–Trinajstić information content (AvgIpc) is 2.56. The summed E-state index contributed by atoms with van der Waals surface area (Å²) in [7, 11) is 0. The molecule has 2 heteroatoms. The van der Waals surface area contributed by atoms with Crippen molar-refractivity contribution in [3.63, 3.8) is 0 Å². The van der Waals surface area contributed by atoms with Crippen LogP contribution in [0.4, 0.5) is 0 Å². The second-order valence-electron chi connectivity index (χ2n) is 7.03. The zero-order valence-corrected chi connectivity index (χ0v) is 13.3. The first kappa shape index (κ1) is 14.0. The Morgan fingerprint density at radius 2 is 2.27 bits per heavy atom. The Morgan fingerprint density at radius 1 is 1.36 bits per heavy atom. The van der Waals surface area contributed by atoms with Gasteiger partial charge in [0.1, 0.15) is 0 Å². The van der Waals surface area contributed by atoms with Crippen molar-refractivity contribution < 1.29 is 0 Å². The third-order valence-corrected chi connectivity index (χ3v) is 5.67. The molecular weight excluding hydrogens is 268 g/mol. The summed E-state index contributed by atoms with van der Waals surface area (Å²) < 4.78 is 0. The zero-order valence-electron chi connectivity index (χ0n) is 13.3. The molecule has 22 heavy (non-hydrogen) atoms.